The lowest BCUT2D eigenvalue weighted by Gasteiger charge is -2.26. The van der Waals surface area contributed by atoms with E-state index in [0.717, 1.165) is 12.1 Å². The highest BCUT2D eigenvalue weighted by atomic mass is 32.2. The molecule has 0 aromatic heterocycles. The number of carbonyl (C=O) groups excluding carboxylic acids is 1. The van der Waals surface area contributed by atoms with Crippen LogP contribution in [-0.2, 0) is 10.0 Å². The Labute approximate surface area is 144 Å². The normalized spacial score (nSPS) is 12.5. The number of anilines is 1. The highest BCUT2D eigenvalue weighted by Gasteiger charge is 2.20. The van der Waals surface area contributed by atoms with E-state index in [4.69, 9.17) is 5.14 Å². The number of hydrogen-bond acceptors (Lipinski definition) is 3. The summed E-state index contributed by atoms with van der Waals surface area (Å²) >= 11 is 0. The van der Waals surface area contributed by atoms with Crippen LogP contribution in [0.1, 0.15) is 18.5 Å². The Balaban J connectivity index is 2.16. The minimum Gasteiger partial charge on any atom is -0.321 e. The highest BCUT2D eigenvalue weighted by molar-refractivity contribution is 7.89. The predicted molar refractivity (Wildman–Crippen MR) is 89.4 cm³/mol. The number of benzene rings is 2. The number of amides is 2. The average Bonchev–Trinajstić information content (AvgIpc) is 2.56. The average molecular weight is 369 g/mol. The van der Waals surface area contributed by atoms with Crippen molar-refractivity contribution in [2.45, 2.75) is 17.9 Å². The Hall–Kier alpha value is -2.52. The van der Waals surface area contributed by atoms with E-state index in [1.165, 1.54) is 42.3 Å². The first-order valence-corrected chi connectivity index (χ1v) is 8.76. The summed E-state index contributed by atoms with van der Waals surface area (Å²) in [5.41, 5.74) is 0.0928. The van der Waals surface area contributed by atoms with E-state index in [9.17, 15) is 22.0 Å². The van der Waals surface area contributed by atoms with Crippen molar-refractivity contribution in [1.82, 2.24) is 4.90 Å². The second-order valence-electron chi connectivity index (χ2n) is 5.43. The zero-order valence-corrected chi connectivity index (χ0v) is 14.3. The molecule has 0 bridgehead atoms. The third kappa shape index (κ3) is 4.31. The first-order chi connectivity index (χ1) is 11.6. The zero-order chi connectivity index (χ0) is 18.8. The Morgan fingerprint density at radius 2 is 1.64 bits per heavy atom. The monoisotopic (exact) mass is 369 g/mol. The smallest absolute Gasteiger partial charge is 0.321 e. The fourth-order valence-electron chi connectivity index (χ4n) is 2.15. The zero-order valence-electron chi connectivity index (χ0n) is 13.5. The molecular weight excluding hydrogens is 352 g/mol. The van der Waals surface area contributed by atoms with Crippen LogP contribution in [0.2, 0.25) is 0 Å². The lowest BCUT2D eigenvalue weighted by Crippen LogP contribution is -2.34. The number of para-hydroxylation sites is 1. The molecule has 3 N–H and O–H groups in total. The molecule has 0 spiro atoms. The van der Waals surface area contributed by atoms with Crippen molar-refractivity contribution in [1.29, 1.82) is 0 Å². The van der Waals surface area contributed by atoms with Gasteiger partial charge in [-0.3, -0.25) is 0 Å². The van der Waals surface area contributed by atoms with Crippen molar-refractivity contribution in [2.24, 2.45) is 5.14 Å². The van der Waals surface area contributed by atoms with Gasteiger partial charge in [0.15, 0.2) is 0 Å². The van der Waals surface area contributed by atoms with Gasteiger partial charge < -0.3 is 10.2 Å². The number of sulfonamides is 1. The Morgan fingerprint density at radius 1 is 1.12 bits per heavy atom. The molecule has 0 unspecified atom stereocenters. The van der Waals surface area contributed by atoms with Gasteiger partial charge in [-0.05, 0) is 36.8 Å². The summed E-state index contributed by atoms with van der Waals surface area (Å²) in [6.07, 6.45) is 0. The van der Waals surface area contributed by atoms with Crippen molar-refractivity contribution in [3.8, 4) is 0 Å². The molecule has 0 aliphatic rings. The topological polar surface area (TPSA) is 92.5 Å². The van der Waals surface area contributed by atoms with Gasteiger partial charge in [0.05, 0.1) is 10.9 Å². The molecule has 2 amide bonds. The lowest BCUT2D eigenvalue weighted by atomic mass is 10.1. The molecule has 2 aromatic rings. The number of rotatable bonds is 4. The third-order valence-electron chi connectivity index (χ3n) is 3.79. The molecule has 0 heterocycles. The number of nitrogens with zero attached hydrogens (tertiary/aromatic N) is 1. The number of nitrogens with one attached hydrogen (secondary N) is 1. The number of urea groups is 1. The van der Waals surface area contributed by atoms with Gasteiger partial charge in [-0.1, -0.05) is 18.2 Å². The van der Waals surface area contributed by atoms with Crippen LogP contribution >= 0.6 is 0 Å². The van der Waals surface area contributed by atoms with E-state index in [2.05, 4.69) is 5.32 Å². The molecule has 0 saturated carbocycles. The summed E-state index contributed by atoms with van der Waals surface area (Å²) in [7, 11) is -2.36. The molecule has 0 aliphatic carbocycles. The summed E-state index contributed by atoms with van der Waals surface area (Å²) in [4.78, 5) is 13.4. The second-order valence-corrected chi connectivity index (χ2v) is 6.99. The summed E-state index contributed by atoms with van der Waals surface area (Å²) in [6.45, 7) is 1.68. The lowest BCUT2D eigenvalue weighted by molar-refractivity contribution is 0.208. The van der Waals surface area contributed by atoms with Gasteiger partial charge in [-0.25, -0.2) is 27.1 Å². The molecule has 9 heteroatoms. The summed E-state index contributed by atoms with van der Waals surface area (Å²) in [6, 6.07) is 7.74. The molecule has 0 saturated heterocycles. The quantitative estimate of drug-likeness (QED) is 0.868. The van der Waals surface area contributed by atoms with Crippen molar-refractivity contribution < 1.29 is 22.0 Å². The van der Waals surface area contributed by atoms with E-state index >= 15 is 0 Å². The summed E-state index contributed by atoms with van der Waals surface area (Å²) in [5, 5.41) is 7.22. The van der Waals surface area contributed by atoms with E-state index < -0.39 is 39.4 Å². The standard InChI is InChI=1S/C16H17F2N3O3S/c1-10(11-6-8-12(9-7-11)25(19,23)24)21(2)16(22)20-15-13(17)4-3-5-14(15)18/h3-10H,1-2H3,(H,20,22)(H2,19,23,24)/t10-/m0/s1. The van der Waals surface area contributed by atoms with Crippen LogP contribution in [0.25, 0.3) is 0 Å². The van der Waals surface area contributed by atoms with Crippen molar-refractivity contribution >= 4 is 21.7 Å². The number of nitrogens with two attached hydrogens (primary N) is 1. The van der Waals surface area contributed by atoms with E-state index in [1.54, 1.807) is 6.92 Å². The van der Waals surface area contributed by atoms with Crippen molar-refractivity contribution in [3.05, 3.63) is 59.7 Å². The molecule has 0 fully saturated rings. The van der Waals surface area contributed by atoms with E-state index in [1.807, 2.05) is 0 Å². The van der Waals surface area contributed by atoms with Gasteiger partial charge in [0, 0.05) is 7.05 Å². The molecule has 6 nitrogen and oxygen atoms in total. The van der Waals surface area contributed by atoms with Gasteiger partial charge in [0.1, 0.15) is 17.3 Å². The van der Waals surface area contributed by atoms with E-state index in [0.29, 0.717) is 5.56 Å². The van der Waals surface area contributed by atoms with Crippen molar-refractivity contribution in [2.75, 3.05) is 12.4 Å². The Bertz CT molecular complexity index is 866. The SMILES string of the molecule is C[C@@H](c1ccc(S(N)(=O)=O)cc1)N(C)C(=O)Nc1c(F)cccc1F. The number of carbonyl (C=O) groups is 1. The van der Waals surface area contributed by atoms with Crippen LogP contribution in [0.4, 0.5) is 19.3 Å². The molecule has 134 valence electrons. The van der Waals surface area contributed by atoms with Gasteiger partial charge >= 0.3 is 6.03 Å². The molecule has 0 aliphatic heterocycles. The van der Waals surface area contributed by atoms with Crippen LogP contribution < -0.4 is 10.5 Å². The summed E-state index contributed by atoms with van der Waals surface area (Å²) < 4.78 is 49.7. The highest BCUT2D eigenvalue weighted by Crippen LogP contribution is 2.23. The van der Waals surface area contributed by atoms with Crippen LogP contribution in [-0.4, -0.2) is 26.4 Å². The minimum absolute atomic E-state index is 0.0519. The fourth-order valence-corrected chi connectivity index (χ4v) is 2.66. The van der Waals surface area contributed by atoms with Crippen LogP contribution in [0, 0.1) is 11.6 Å². The van der Waals surface area contributed by atoms with Gasteiger partial charge in [0.2, 0.25) is 10.0 Å². The molecular formula is C16H17F2N3O3S. The van der Waals surface area contributed by atoms with Gasteiger partial charge in [-0.2, -0.15) is 0 Å². The van der Waals surface area contributed by atoms with Gasteiger partial charge in [-0.15, -0.1) is 0 Å². The maximum Gasteiger partial charge on any atom is 0.322 e. The van der Waals surface area contributed by atoms with Crippen molar-refractivity contribution in [3.63, 3.8) is 0 Å². The fraction of sp³-hybridized carbons (Fsp3) is 0.188. The molecule has 0 radical (unpaired) electrons. The maximum absolute atomic E-state index is 13.6. The molecule has 1 atom stereocenters. The van der Waals surface area contributed by atoms with E-state index in [-0.39, 0.29) is 4.90 Å². The largest absolute Gasteiger partial charge is 0.322 e. The number of primary sulfonamides is 1. The van der Waals surface area contributed by atoms with Gasteiger partial charge in [0.25, 0.3) is 0 Å². The number of hydrogen-bond donors (Lipinski definition) is 2. The van der Waals surface area contributed by atoms with Crippen LogP contribution in [0.3, 0.4) is 0 Å². The third-order valence-corrected chi connectivity index (χ3v) is 4.72. The predicted octanol–water partition coefficient (Wildman–Crippen LogP) is 2.84. The van der Waals surface area contributed by atoms with Crippen LogP contribution in [0.15, 0.2) is 47.4 Å². The van der Waals surface area contributed by atoms with Crippen LogP contribution in [0.5, 0.6) is 0 Å². The Morgan fingerprint density at radius 3 is 2.12 bits per heavy atom. The summed E-state index contributed by atoms with van der Waals surface area (Å²) in [5.74, 6) is -1.76. The second kappa shape index (κ2) is 7.16. The molecule has 2 rings (SSSR count). The maximum atomic E-state index is 13.6. The first kappa shape index (κ1) is 18.8. The first-order valence-electron chi connectivity index (χ1n) is 7.22. The molecule has 2 aromatic carbocycles. The Kier molecular flexibility index (Phi) is 5.39. The minimum atomic E-state index is -3.81. The molecule has 25 heavy (non-hydrogen) atoms. The number of halogens is 2.